The third-order valence-corrected chi connectivity index (χ3v) is 2.73. The van der Waals surface area contributed by atoms with Gasteiger partial charge in [-0.05, 0) is 24.3 Å². The van der Waals surface area contributed by atoms with Gasteiger partial charge >= 0.3 is 0 Å². The number of nitro groups is 1. The van der Waals surface area contributed by atoms with Gasteiger partial charge < -0.3 is 5.73 Å². The number of allylic oxidation sites excluding steroid dienone is 1. The number of nitrogen functional groups attached to an aromatic ring is 1. The van der Waals surface area contributed by atoms with Crippen LogP contribution in [-0.2, 0) is 0 Å². The highest BCUT2D eigenvalue weighted by Gasteiger charge is 2.35. The number of rotatable bonds is 3. The van der Waals surface area contributed by atoms with Crippen molar-refractivity contribution in [2.24, 2.45) is 16.0 Å². The summed E-state index contributed by atoms with van der Waals surface area (Å²) in [6.07, 6.45) is 4.45. The van der Waals surface area contributed by atoms with Crippen LogP contribution in [0.5, 0.6) is 0 Å². The Morgan fingerprint density at radius 3 is 2.63 bits per heavy atom. The van der Waals surface area contributed by atoms with Gasteiger partial charge in [-0.3, -0.25) is 15.8 Å². The maximum Gasteiger partial charge on any atom is 0.295 e. The van der Waals surface area contributed by atoms with Gasteiger partial charge in [0.25, 0.3) is 5.66 Å². The smallest absolute Gasteiger partial charge is 0.295 e. The van der Waals surface area contributed by atoms with E-state index in [0.29, 0.717) is 17.1 Å². The number of nitrogens with zero attached hydrogens (tertiary/aromatic N) is 3. The molecule has 1 unspecified atom stereocenters. The quantitative estimate of drug-likeness (QED) is 0.284. The number of benzene rings is 1. The van der Waals surface area contributed by atoms with Gasteiger partial charge in [0.15, 0.2) is 0 Å². The molecule has 0 aliphatic heterocycles. The molecule has 0 saturated heterocycles. The first kappa shape index (κ1) is 12.9. The molecule has 0 radical (unpaired) electrons. The maximum atomic E-state index is 10.7. The number of nitrogens with two attached hydrogens (primary N) is 2. The second-order valence-electron chi connectivity index (χ2n) is 4.17. The van der Waals surface area contributed by atoms with E-state index in [4.69, 9.17) is 11.5 Å². The van der Waals surface area contributed by atoms with E-state index in [0.717, 1.165) is 0 Å². The fourth-order valence-electron chi connectivity index (χ4n) is 1.53. The molecule has 0 aromatic heterocycles. The highest BCUT2D eigenvalue weighted by molar-refractivity contribution is 5.61. The van der Waals surface area contributed by atoms with Crippen molar-refractivity contribution in [3.63, 3.8) is 0 Å². The van der Waals surface area contributed by atoms with Gasteiger partial charge in [0.05, 0.1) is 17.8 Å². The van der Waals surface area contributed by atoms with Crippen LogP contribution in [0.2, 0.25) is 0 Å². The zero-order valence-electron chi connectivity index (χ0n) is 10.1. The van der Waals surface area contributed by atoms with Gasteiger partial charge in [-0.15, -0.1) is 5.11 Å². The standard InChI is InChI=1S/C12H13N5O2/c13-10-3-1-2-4-11(10)16-15-9-5-7-12(14,8-6-9)17(18)19/h1-7H,8,13-14H2. The van der Waals surface area contributed by atoms with Crippen LogP contribution in [0.15, 0.2) is 58.4 Å². The molecule has 2 rings (SSSR count). The van der Waals surface area contributed by atoms with Crippen molar-refractivity contribution in [2.45, 2.75) is 12.1 Å². The topological polar surface area (TPSA) is 120 Å². The molecule has 98 valence electrons. The Hall–Kier alpha value is -2.54. The molecule has 7 nitrogen and oxygen atoms in total. The molecule has 0 heterocycles. The summed E-state index contributed by atoms with van der Waals surface area (Å²) in [4.78, 5) is 10.2. The van der Waals surface area contributed by atoms with Crippen LogP contribution >= 0.6 is 0 Å². The van der Waals surface area contributed by atoms with Gasteiger partial charge in [-0.25, -0.2) is 0 Å². The maximum absolute atomic E-state index is 10.7. The average molecular weight is 259 g/mol. The molecule has 0 fully saturated rings. The van der Waals surface area contributed by atoms with Crippen molar-refractivity contribution < 1.29 is 4.92 Å². The van der Waals surface area contributed by atoms with Crippen LogP contribution in [0.25, 0.3) is 0 Å². The summed E-state index contributed by atoms with van der Waals surface area (Å²) in [6.45, 7) is 0. The number of azo groups is 1. The van der Waals surface area contributed by atoms with E-state index in [2.05, 4.69) is 10.2 Å². The molecule has 0 amide bonds. The third kappa shape index (κ3) is 2.83. The predicted molar refractivity (Wildman–Crippen MR) is 71.1 cm³/mol. The SMILES string of the molecule is Nc1ccccc1N=NC1=CCC(N)([N+](=O)[O-])C=C1. The van der Waals surface area contributed by atoms with Crippen molar-refractivity contribution >= 4 is 11.4 Å². The third-order valence-electron chi connectivity index (χ3n) is 2.73. The van der Waals surface area contributed by atoms with Crippen molar-refractivity contribution in [2.75, 3.05) is 5.73 Å². The molecule has 1 aliphatic carbocycles. The van der Waals surface area contributed by atoms with E-state index in [1.54, 1.807) is 30.3 Å². The normalized spacial score (nSPS) is 22.5. The lowest BCUT2D eigenvalue weighted by atomic mass is 10.0. The summed E-state index contributed by atoms with van der Waals surface area (Å²) in [5.74, 6) is 0. The molecule has 0 bridgehead atoms. The number of hydrogen-bond donors (Lipinski definition) is 2. The Bertz CT molecular complexity index is 594. The second-order valence-corrected chi connectivity index (χ2v) is 4.17. The molecule has 4 N–H and O–H groups in total. The summed E-state index contributed by atoms with van der Waals surface area (Å²) in [5.41, 5.74) is 11.3. The molecular weight excluding hydrogens is 246 g/mol. The minimum Gasteiger partial charge on any atom is -0.397 e. The van der Waals surface area contributed by atoms with Gasteiger partial charge in [-0.2, -0.15) is 5.11 Å². The van der Waals surface area contributed by atoms with Crippen molar-refractivity contribution in [3.8, 4) is 0 Å². The van der Waals surface area contributed by atoms with Gasteiger partial charge in [-0.1, -0.05) is 12.1 Å². The first-order valence-electron chi connectivity index (χ1n) is 5.60. The van der Waals surface area contributed by atoms with Crippen LogP contribution in [-0.4, -0.2) is 10.6 Å². The lowest BCUT2D eigenvalue weighted by Gasteiger charge is -2.17. The van der Waals surface area contributed by atoms with Crippen LogP contribution in [0.3, 0.4) is 0 Å². The largest absolute Gasteiger partial charge is 0.397 e. The summed E-state index contributed by atoms with van der Waals surface area (Å²) in [6, 6.07) is 7.05. The molecule has 7 heteroatoms. The van der Waals surface area contributed by atoms with Gasteiger partial charge in [0.2, 0.25) is 0 Å². The Labute approximate surface area is 109 Å². The molecule has 19 heavy (non-hydrogen) atoms. The van der Waals surface area contributed by atoms with Crippen LogP contribution in [0.4, 0.5) is 11.4 Å². The molecular formula is C12H13N5O2. The zero-order valence-corrected chi connectivity index (χ0v) is 10.1. The first-order valence-corrected chi connectivity index (χ1v) is 5.60. The molecule has 0 spiro atoms. The summed E-state index contributed by atoms with van der Waals surface area (Å²) >= 11 is 0. The monoisotopic (exact) mass is 259 g/mol. The molecule has 1 atom stereocenters. The van der Waals surface area contributed by atoms with E-state index in [1.165, 1.54) is 12.2 Å². The van der Waals surface area contributed by atoms with E-state index in [9.17, 15) is 10.1 Å². The highest BCUT2D eigenvalue weighted by Crippen LogP contribution is 2.24. The van der Waals surface area contributed by atoms with E-state index in [-0.39, 0.29) is 6.42 Å². The Kier molecular flexibility index (Phi) is 3.39. The molecule has 0 saturated carbocycles. The molecule has 1 aliphatic rings. The van der Waals surface area contributed by atoms with E-state index >= 15 is 0 Å². The van der Waals surface area contributed by atoms with E-state index in [1.807, 2.05) is 0 Å². The molecule has 1 aromatic rings. The van der Waals surface area contributed by atoms with Crippen molar-refractivity contribution in [3.05, 3.63) is 58.3 Å². The van der Waals surface area contributed by atoms with Crippen LogP contribution in [0.1, 0.15) is 6.42 Å². The minimum absolute atomic E-state index is 0.0785. The lowest BCUT2D eigenvalue weighted by molar-refractivity contribution is -0.553. The first-order chi connectivity index (χ1) is 9.01. The number of para-hydroxylation sites is 1. The van der Waals surface area contributed by atoms with Crippen LogP contribution in [0, 0.1) is 10.1 Å². The number of hydrogen-bond acceptors (Lipinski definition) is 6. The van der Waals surface area contributed by atoms with Gasteiger partial charge in [0, 0.05) is 11.0 Å². The lowest BCUT2D eigenvalue weighted by Crippen LogP contribution is -2.46. The fraction of sp³-hybridized carbons (Fsp3) is 0.167. The minimum atomic E-state index is -1.55. The number of anilines is 1. The molecule has 1 aromatic carbocycles. The van der Waals surface area contributed by atoms with Crippen molar-refractivity contribution in [1.82, 2.24) is 0 Å². The fourth-order valence-corrected chi connectivity index (χ4v) is 1.53. The zero-order chi connectivity index (χ0) is 13.9. The summed E-state index contributed by atoms with van der Waals surface area (Å²) in [7, 11) is 0. The average Bonchev–Trinajstić information content (AvgIpc) is 2.40. The van der Waals surface area contributed by atoms with Crippen LogP contribution < -0.4 is 11.5 Å². The second kappa shape index (κ2) is 4.99. The van der Waals surface area contributed by atoms with E-state index < -0.39 is 10.6 Å². The van der Waals surface area contributed by atoms with Gasteiger partial charge in [0.1, 0.15) is 5.69 Å². The van der Waals surface area contributed by atoms with Crippen molar-refractivity contribution in [1.29, 1.82) is 0 Å². The summed E-state index contributed by atoms with van der Waals surface area (Å²) in [5, 5.41) is 18.7. The highest BCUT2D eigenvalue weighted by atomic mass is 16.6. The Morgan fingerprint density at radius 1 is 1.32 bits per heavy atom. The summed E-state index contributed by atoms with van der Waals surface area (Å²) < 4.78 is 0. The Morgan fingerprint density at radius 2 is 2.05 bits per heavy atom. The predicted octanol–water partition coefficient (Wildman–Crippen LogP) is 2.13. The Balaban J connectivity index is 2.11.